The predicted octanol–water partition coefficient (Wildman–Crippen LogP) is 2.85. The van der Waals surface area contributed by atoms with Gasteiger partial charge in [0.2, 0.25) is 5.91 Å². The SMILES string of the molecule is O=C(Cc1cccs1)Nc1ccc(OCC2CO2)c(F)c1. The molecule has 110 valence electrons. The van der Waals surface area contributed by atoms with Gasteiger partial charge in [0.1, 0.15) is 12.7 Å². The molecule has 1 unspecified atom stereocenters. The van der Waals surface area contributed by atoms with Crippen LogP contribution in [0.2, 0.25) is 0 Å². The summed E-state index contributed by atoms with van der Waals surface area (Å²) in [5.41, 5.74) is 0.420. The van der Waals surface area contributed by atoms with E-state index in [0.717, 1.165) is 4.88 Å². The van der Waals surface area contributed by atoms with E-state index in [9.17, 15) is 9.18 Å². The van der Waals surface area contributed by atoms with Crippen LogP contribution in [0.5, 0.6) is 5.75 Å². The van der Waals surface area contributed by atoms with Crippen molar-refractivity contribution >= 4 is 22.9 Å². The van der Waals surface area contributed by atoms with E-state index in [1.54, 1.807) is 6.07 Å². The summed E-state index contributed by atoms with van der Waals surface area (Å²) in [7, 11) is 0. The maximum Gasteiger partial charge on any atom is 0.229 e. The Bertz CT molecular complexity index is 626. The van der Waals surface area contributed by atoms with Crippen molar-refractivity contribution in [2.24, 2.45) is 0 Å². The molecule has 1 atom stereocenters. The number of carbonyl (C=O) groups is 1. The number of benzene rings is 1. The molecule has 1 aromatic carbocycles. The first-order valence-corrected chi connectivity index (χ1v) is 7.45. The summed E-state index contributed by atoms with van der Waals surface area (Å²) in [6.07, 6.45) is 0.367. The molecule has 1 aliphatic heterocycles. The molecule has 1 fully saturated rings. The molecule has 4 nitrogen and oxygen atoms in total. The quantitative estimate of drug-likeness (QED) is 0.835. The molecule has 1 amide bonds. The molecule has 3 rings (SSSR count). The van der Waals surface area contributed by atoms with Crippen molar-refractivity contribution in [2.45, 2.75) is 12.5 Å². The van der Waals surface area contributed by atoms with Gasteiger partial charge < -0.3 is 14.8 Å². The normalized spacial score (nSPS) is 16.5. The molecule has 6 heteroatoms. The van der Waals surface area contributed by atoms with Crippen molar-refractivity contribution in [2.75, 3.05) is 18.5 Å². The highest BCUT2D eigenvalue weighted by atomic mass is 32.1. The average Bonchev–Trinajstić information content (AvgIpc) is 3.14. The number of nitrogens with one attached hydrogen (secondary N) is 1. The summed E-state index contributed by atoms with van der Waals surface area (Å²) < 4.78 is 24.1. The van der Waals surface area contributed by atoms with E-state index in [1.807, 2.05) is 17.5 Å². The van der Waals surface area contributed by atoms with Crippen LogP contribution in [0.4, 0.5) is 10.1 Å². The van der Waals surface area contributed by atoms with Gasteiger partial charge in [-0.25, -0.2) is 4.39 Å². The van der Waals surface area contributed by atoms with Gasteiger partial charge in [-0.2, -0.15) is 0 Å². The van der Waals surface area contributed by atoms with Crippen molar-refractivity contribution in [3.8, 4) is 5.75 Å². The molecule has 2 aromatic rings. The van der Waals surface area contributed by atoms with E-state index in [1.165, 1.54) is 23.5 Å². The first kappa shape index (κ1) is 14.0. The van der Waals surface area contributed by atoms with E-state index < -0.39 is 5.82 Å². The minimum atomic E-state index is -0.496. The van der Waals surface area contributed by atoms with Crippen LogP contribution in [0.3, 0.4) is 0 Å². The number of epoxide rings is 1. The highest BCUT2D eigenvalue weighted by Crippen LogP contribution is 2.23. The topological polar surface area (TPSA) is 50.9 Å². The molecule has 0 saturated carbocycles. The van der Waals surface area contributed by atoms with Gasteiger partial charge in [-0.15, -0.1) is 11.3 Å². The molecule has 0 bridgehead atoms. The van der Waals surface area contributed by atoms with Gasteiger partial charge in [-0.05, 0) is 23.6 Å². The van der Waals surface area contributed by atoms with Crippen molar-refractivity contribution in [3.05, 3.63) is 46.4 Å². The van der Waals surface area contributed by atoms with Crippen LogP contribution in [0.25, 0.3) is 0 Å². The molecule has 1 N–H and O–H groups in total. The number of anilines is 1. The minimum Gasteiger partial charge on any atom is -0.488 e. The van der Waals surface area contributed by atoms with Gasteiger partial charge >= 0.3 is 0 Å². The monoisotopic (exact) mass is 307 g/mol. The van der Waals surface area contributed by atoms with E-state index in [0.29, 0.717) is 18.9 Å². The van der Waals surface area contributed by atoms with Crippen LogP contribution in [-0.4, -0.2) is 25.2 Å². The Morgan fingerprint density at radius 3 is 3.00 bits per heavy atom. The van der Waals surface area contributed by atoms with Crippen LogP contribution in [-0.2, 0) is 16.0 Å². The van der Waals surface area contributed by atoms with Crippen molar-refractivity contribution in [1.82, 2.24) is 0 Å². The Morgan fingerprint density at radius 2 is 2.33 bits per heavy atom. The number of amides is 1. The third-order valence-corrected chi connectivity index (χ3v) is 3.83. The molecule has 0 radical (unpaired) electrons. The Kier molecular flexibility index (Phi) is 4.17. The summed E-state index contributed by atoms with van der Waals surface area (Å²) in [5, 5.41) is 4.59. The lowest BCUT2D eigenvalue weighted by molar-refractivity contribution is -0.115. The lowest BCUT2D eigenvalue weighted by Gasteiger charge is -2.08. The predicted molar refractivity (Wildman–Crippen MR) is 78.3 cm³/mol. The Morgan fingerprint density at radius 1 is 1.48 bits per heavy atom. The third kappa shape index (κ3) is 4.03. The van der Waals surface area contributed by atoms with Crippen LogP contribution in [0.1, 0.15) is 4.88 Å². The molecule has 1 saturated heterocycles. The fourth-order valence-electron chi connectivity index (χ4n) is 1.82. The van der Waals surface area contributed by atoms with E-state index in [4.69, 9.17) is 9.47 Å². The van der Waals surface area contributed by atoms with Gasteiger partial charge in [0.15, 0.2) is 11.6 Å². The zero-order chi connectivity index (χ0) is 14.7. The van der Waals surface area contributed by atoms with Gasteiger partial charge in [0, 0.05) is 16.6 Å². The number of ether oxygens (including phenoxy) is 2. The number of rotatable bonds is 6. The molecule has 0 spiro atoms. The fourth-order valence-corrected chi connectivity index (χ4v) is 2.52. The molecule has 2 heterocycles. The summed E-state index contributed by atoms with van der Waals surface area (Å²) in [6.45, 7) is 1.01. The maximum absolute atomic E-state index is 13.8. The zero-order valence-electron chi connectivity index (χ0n) is 11.2. The zero-order valence-corrected chi connectivity index (χ0v) is 12.0. The number of hydrogen-bond donors (Lipinski definition) is 1. The number of hydrogen-bond acceptors (Lipinski definition) is 4. The fraction of sp³-hybridized carbons (Fsp3) is 0.267. The number of halogens is 1. The highest BCUT2D eigenvalue weighted by molar-refractivity contribution is 7.10. The first-order chi connectivity index (χ1) is 10.2. The molecular formula is C15H14FNO3S. The van der Waals surface area contributed by atoms with E-state index in [2.05, 4.69) is 5.32 Å². The maximum atomic E-state index is 13.8. The minimum absolute atomic E-state index is 0.0783. The van der Waals surface area contributed by atoms with Crippen LogP contribution in [0, 0.1) is 5.82 Å². The summed E-state index contributed by atoms with van der Waals surface area (Å²) >= 11 is 1.52. The third-order valence-electron chi connectivity index (χ3n) is 2.96. The van der Waals surface area contributed by atoms with E-state index in [-0.39, 0.29) is 24.2 Å². The highest BCUT2D eigenvalue weighted by Gasteiger charge is 2.23. The number of carbonyl (C=O) groups excluding carboxylic acids is 1. The Balaban J connectivity index is 1.57. The van der Waals surface area contributed by atoms with Crippen molar-refractivity contribution < 1.29 is 18.7 Å². The second-order valence-corrected chi connectivity index (χ2v) is 5.75. The lowest BCUT2D eigenvalue weighted by atomic mass is 10.2. The van der Waals surface area contributed by atoms with Gasteiger partial charge in [-0.1, -0.05) is 6.07 Å². The van der Waals surface area contributed by atoms with Crippen molar-refractivity contribution in [1.29, 1.82) is 0 Å². The molecule has 0 aliphatic carbocycles. The van der Waals surface area contributed by atoms with E-state index >= 15 is 0 Å². The van der Waals surface area contributed by atoms with Crippen LogP contribution < -0.4 is 10.1 Å². The average molecular weight is 307 g/mol. The first-order valence-electron chi connectivity index (χ1n) is 6.57. The van der Waals surface area contributed by atoms with Crippen LogP contribution >= 0.6 is 11.3 Å². The summed E-state index contributed by atoms with van der Waals surface area (Å²) in [6, 6.07) is 8.18. The van der Waals surface area contributed by atoms with Gasteiger partial charge in [0.25, 0.3) is 0 Å². The smallest absolute Gasteiger partial charge is 0.229 e. The molecule has 21 heavy (non-hydrogen) atoms. The second kappa shape index (κ2) is 6.24. The van der Waals surface area contributed by atoms with Crippen molar-refractivity contribution in [3.63, 3.8) is 0 Å². The summed E-state index contributed by atoms with van der Waals surface area (Å²) in [4.78, 5) is 12.8. The standard InChI is InChI=1S/C15H14FNO3S/c16-13-6-10(3-4-14(13)20-9-11-8-19-11)17-15(18)7-12-2-1-5-21-12/h1-6,11H,7-9H2,(H,17,18). The summed E-state index contributed by atoms with van der Waals surface area (Å²) in [5.74, 6) is -0.497. The second-order valence-electron chi connectivity index (χ2n) is 4.72. The largest absolute Gasteiger partial charge is 0.488 e. The molecule has 1 aliphatic rings. The van der Waals surface area contributed by atoms with Gasteiger partial charge in [-0.3, -0.25) is 4.79 Å². The Hall–Kier alpha value is -1.92. The lowest BCUT2D eigenvalue weighted by Crippen LogP contribution is -2.14. The Labute approximate surface area is 125 Å². The van der Waals surface area contributed by atoms with Crippen LogP contribution in [0.15, 0.2) is 35.7 Å². The number of thiophene rings is 1. The molecular weight excluding hydrogens is 293 g/mol. The van der Waals surface area contributed by atoms with Gasteiger partial charge in [0.05, 0.1) is 13.0 Å². The molecule has 1 aromatic heterocycles.